The number of hydrogen-bond donors (Lipinski definition) is 0. The fourth-order valence-corrected chi connectivity index (χ4v) is 10.3. The fraction of sp³-hybridized carbons (Fsp3) is 0.357. The van der Waals surface area contributed by atoms with Crippen molar-refractivity contribution in [3.05, 3.63) is 213 Å². The Morgan fingerprint density at radius 3 is 0.967 bits per heavy atom. The number of likely N-dealkylation sites (N-methyl/N-ethyl adjacent to an activating group) is 2. The van der Waals surface area contributed by atoms with E-state index < -0.39 is 5.79 Å². The number of benzene rings is 6. The monoisotopic (exact) mass is 799 g/mol. The second-order valence-electron chi connectivity index (χ2n) is 19.0. The third-order valence-corrected chi connectivity index (χ3v) is 13.6. The molecule has 2 aliphatic rings. The molecule has 0 N–H and O–H groups in total. The van der Waals surface area contributed by atoms with Gasteiger partial charge >= 0.3 is 0 Å². The van der Waals surface area contributed by atoms with Gasteiger partial charge in [-0.05, 0) is 64.5 Å². The largest absolute Gasteiger partial charge is 0.289 e. The van der Waals surface area contributed by atoms with Crippen LogP contribution >= 0.6 is 0 Å². The van der Waals surface area contributed by atoms with Gasteiger partial charge < -0.3 is 0 Å². The Bertz CT molecular complexity index is 2010. The third-order valence-electron chi connectivity index (χ3n) is 13.6. The molecule has 6 aromatic carbocycles. The number of aryl methyl sites for hydroxylation is 4. The van der Waals surface area contributed by atoms with Crippen molar-refractivity contribution in [1.29, 1.82) is 0 Å². The Balaban J connectivity index is 1.32. The topological polar surface area (TPSA) is 18.5 Å². The van der Waals surface area contributed by atoms with E-state index in [1.165, 1.54) is 55.6 Å². The standard InChI is InChI=1S/C56H66N2O2/c1-42-20-28-48(29-21-42)38-57(5,39-49-30-22-43(2)23-31-49)54-55(58(6,40-50-32-24-44(3)25-33-50)41-51-34-26-45(4)27-35-51)60-56(59-54)52(36-46-14-9-7-10-15-46)18-13-19-53(56)37-47-16-11-8-12-17-47/h7-12,14-17,20-35,52-55H,13,18-19,36-41H2,1-6H3/q+2/t52-,53+,54-,55-/m0/s1. The van der Waals surface area contributed by atoms with Gasteiger partial charge in [0.15, 0.2) is 5.79 Å². The van der Waals surface area contributed by atoms with Crippen LogP contribution in [0.1, 0.15) is 74.9 Å². The Labute approximate surface area is 360 Å². The Hall–Kier alpha value is -4.84. The van der Waals surface area contributed by atoms with E-state index in [0.29, 0.717) is 8.97 Å². The van der Waals surface area contributed by atoms with Gasteiger partial charge in [0, 0.05) is 34.1 Å². The predicted octanol–water partition coefficient (Wildman–Crippen LogP) is 12.2. The summed E-state index contributed by atoms with van der Waals surface area (Å²) in [6.45, 7) is 12.0. The molecule has 1 saturated heterocycles. The quantitative estimate of drug-likeness (QED) is 0.102. The van der Waals surface area contributed by atoms with Crippen molar-refractivity contribution in [1.82, 2.24) is 0 Å². The minimum Gasteiger partial charge on any atom is -0.289 e. The van der Waals surface area contributed by atoms with E-state index in [1.807, 2.05) is 0 Å². The van der Waals surface area contributed by atoms with Crippen LogP contribution in [-0.4, -0.2) is 41.3 Å². The SMILES string of the molecule is Cc1ccc(C[N+](C)(Cc2ccc(C)cc2)[C@H]2OC3(O[C@@H]2[N+](C)(Cc2ccc(C)cc2)Cc2ccc(C)cc2)[C@@H](Cc2ccccc2)CCC[C@H]3Cc2ccccc2)cc1. The van der Waals surface area contributed by atoms with Gasteiger partial charge in [-0.25, -0.2) is 0 Å². The molecule has 1 aliphatic heterocycles. The number of nitrogens with zero attached hydrogens (tertiary/aromatic N) is 2. The molecule has 0 amide bonds. The molecule has 4 nitrogen and oxygen atoms in total. The maximum Gasteiger partial charge on any atom is 0.277 e. The van der Waals surface area contributed by atoms with Crippen molar-refractivity contribution in [2.45, 2.75) is 104 Å². The maximum absolute atomic E-state index is 8.22. The summed E-state index contributed by atoms with van der Waals surface area (Å²) in [6, 6.07) is 58.9. The molecular formula is C56H66N2O2+2. The van der Waals surface area contributed by atoms with E-state index in [1.54, 1.807) is 0 Å². The molecule has 2 fully saturated rings. The molecule has 4 heteroatoms. The van der Waals surface area contributed by atoms with Crippen LogP contribution < -0.4 is 0 Å². The molecule has 4 atom stereocenters. The van der Waals surface area contributed by atoms with E-state index >= 15 is 0 Å². The highest BCUT2D eigenvalue weighted by atomic mass is 16.8. The number of quaternary nitrogens is 2. The second kappa shape index (κ2) is 18.0. The molecular weight excluding hydrogens is 733 g/mol. The van der Waals surface area contributed by atoms with Crippen LogP contribution in [0.15, 0.2) is 158 Å². The van der Waals surface area contributed by atoms with Gasteiger partial charge in [-0.3, -0.25) is 18.4 Å². The second-order valence-corrected chi connectivity index (χ2v) is 19.0. The summed E-state index contributed by atoms with van der Waals surface area (Å²) in [4.78, 5) is 0. The van der Waals surface area contributed by atoms with E-state index in [2.05, 4.69) is 200 Å². The molecule has 0 radical (unpaired) electrons. The molecule has 60 heavy (non-hydrogen) atoms. The van der Waals surface area contributed by atoms with Crippen molar-refractivity contribution in [2.75, 3.05) is 14.1 Å². The van der Waals surface area contributed by atoms with Crippen LogP contribution in [0, 0.1) is 39.5 Å². The van der Waals surface area contributed by atoms with E-state index in [9.17, 15) is 0 Å². The average Bonchev–Trinajstić information content (AvgIpc) is 3.67. The molecule has 8 rings (SSSR count). The van der Waals surface area contributed by atoms with Crippen molar-refractivity contribution in [2.24, 2.45) is 11.8 Å². The summed E-state index contributed by atoms with van der Waals surface area (Å²) in [5.41, 5.74) is 13.1. The number of hydrogen-bond acceptors (Lipinski definition) is 2. The minimum absolute atomic E-state index is 0.189. The Morgan fingerprint density at radius 1 is 0.400 bits per heavy atom. The average molecular weight is 799 g/mol. The van der Waals surface area contributed by atoms with Crippen molar-refractivity contribution in [3.8, 4) is 0 Å². The van der Waals surface area contributed by atoms with Crippen molar-refractivity contribution >= 4 is 0 Å². The van der Waals surface area contributed by atoms with Gasteiger partial charge in [-0.1, -0.05) is 186 Å². The summed E-state index contributed by atoms with van der Waals surface area (Å²) >= 11 is 0. The highest BCUT2D eigenvalue weighted by Gasteiger charge is 2.67. The van der Waals surface area contributed by atoms with Crippen molar-refractivity contribution < 1.29 is 18.4 Å². The summed E-state index contributed by atoms with van der Waals surface area (Å²) in [5.74, 6) is -0.414. The van der Waals surface area contributed by atoms with Crippen LogP contribution in [0.5, 0.6) is 0 Å². The van der Waals surface area contributed by atoms with Gasteiger partial charge in [-0.2, -0.15) is 0 Å². The zero-order chi connectivity index (χ0) is 41.7. The highest BCUT2D eigenvalue weighted by molar-refractivity contribution is 5.25. The lowest BCUT2D eigenvalue weighted by molar-refractivity contribution is -1.04. The lowest BCUT2D eigenvalue weighted by Crippen LogP contribution is -2.64. The predicted molar refractivity (Wildman–Crippen MR) is 246 cm³/mol. The Kier molecular flexibility index (Phi) is 12.6. The van der Waals surface area contributed by atoms with Crippen molar-refractivity contribution in [3.63, 3.8) is 0 Å². The summed E-state index contributed by atoms with van der Waals surface area (Å²) in [7, 11) is 4.90. The first-order valence-electron chi connectivity index (χ1n) is 22.3. The molecule has 1 saturated carbocycles. The van der Waals surface area contributed by atoms with Gasteiger partial charge in [0.2, 0.25) is 0 Å². The first-order chi connectivity index (χ1) is 29.0. The molecule has 0 bridgehead atoms. The van der Waals surface area contributed by atoms with Gasteiger partial charge in [0.25, 0.3) is 12.5 Å². The third kappa shape index (κ3) is 9.54. The van der Waals surface area contributed by atoms with Crippen LogP contribution in [0.4, 0.5) is 0 Å². The van der Waals surface area contributed by atoms with Gasteiger partial charge in [0.1, 0.15) is 26.2 Å². The number of rotatable bonds is 14. The molecule has 0 aromatic heterocycles. The van der Waals surface area contributed by atoms with Crippen LogP contribution in [0.2, 0.25) is 0 Å². The highest BCUT2D eigenvalue weighted by Crippen LogP contribution is 2.53. The maximum atomic E-state index is 8.22. The van der Waals surface area contributed by atoms with Gasteiger partial charge in [0.05, 0.1) is 14.1 Å². The normalized spacial score (nSPS) is 20.4. The lowest BCUT2D eigenvalue weighted by atomic mass is 9.71. The molecule has 1 spiro atoms. The summed E-state index contributed by atoms with van der Waals surface area (Å²) in [6.07, 6.45) is 4.59. The van der Waals surface area contributed by atoms with E-state index in [4.69, 9.17) is 9.47 Å². The zero-order valence-electron chi connectivity index (χ0n) is 36.9. The van der Waals surface area contributed by atoms with Crippen LogP contribution in [0.25, 0.3) is 0 Å². The minimum atomic E-state index is -0.792. The Morgan fingerprint density at radius 2 is 0.683 bits per heavy atom. The zero-order valence-corrected chi connectivity index (χ0v) is 36.9. The first-order valence-corrected chi connectivity index (χ1v) is 22.3. The molecule has 1 heterocycles. The van der Waals surface area contributed by atoms with E-state index in [0.717, 1.165) is 58.3 Å². The van der Waals surface area contributed by atoms with Gasteiger partial charge in [-0.15, -0.1) is 0 Å². The summed E-state index contributed by atoms with van der Waals surface area (Å²) in [5, 5.41) is 0. The molecule has 1 aliphatic carbocycles. The summed E-state index contributed by atoms with van der Waals surface area (Å²) < 4.78 is 17.8. The fourth-order valence-electron chi connectivity index (χ4n) is 10.3. The van der Waals surface area contributed by atoms with E-state index in [-0.39, 0.29) is 24.3 Å². The van der Waals surface area contributed by atoms with Crippen LogP contribution in [0.3, 0.4) is 0 Å². The molecule has 6 aromatic rings. The first kappa shape index (κ1) is 41.9. The smallest absolute Gasteiger partial charge is 0.277 e. The lowest BCUT2D eigenvalue weighted by Gasteiger charge is -2.46. The number of ether oxygens (including phenoxy) is 2. The van der Waals surface area contributed by atoms with Crippen LogP contribution in [-0.2, 0) is 48.5 Å². The molecule has 0 unspecified atom stereocenters. The molecule has 310 valence electrons.